The monoisotopic (exact) mass is 294 g/mol. The second kappa shape index (κ2) is 6.70. The molecule has 1 atom stereocenters. The van der Waals surface area contributed by atoms with Crippen LogP contribution in [-0.2, 0) is 6.42 Å². The summed E-state index contributed by atoms with van der Waals surface area (Å²) in [5, 5.41) is 0.402. The lowest BCUT2D eigenvalue weighted by atomic mass is 9.99. The number of methoxy groups -OCH3 is 1. The maximum Gasteiger partial charge on any atom is 0.124 e. The van der Waals surface area contributed by atoms with Gasteiger partial charge in [0.2, 0.25) is 0 Å². The lowest BCUT2D eigenvalue weighted by Gasteiger charge is -2.17. The molecule has 3 nitrogen and oxygen atoms in total. The molecule has 2 aromatic carbocycles. The number of rotatable bonds is 5. The summed E-state index contributed by atoms with van der Waals surface area (Å²) in [5.41, 5.74) is 4.60. The molecule has 0 aliphatic heterocycles. The van der Waals surface area contributed by atoms with E-state index in [1.165, 1.54) is 12.1 Å². The molecule has 5 heteroatoms. The van der Waals surface area contributed by atoms with Crippen molar-refractivity contribution in [2.45, 2.75) is 12.5 Å². The van der Waals surface area contributed by atoms with Crippen LogP contribution in [0, 0.1) is 5.82 Å². The molecule has 0 aromatic heterocycles. The maximum absolute atomic E-state index is 13.0. The predicted octanol–water partition coefficient (Wildman–Crippen LogP) is 3.23. The van der Waals surface area contributed by atoms with Crippen molar-refractivity contribution in [1.82, 2.24) is 5.43 Å². The van der Waals surface area contributed by atoms with Gasteiger partial charge >= 0.3 is 0 Å². The quantitative estimate of drug-likeness (QED) is 0.657. The SMILES string of the molecule is COc1ccc(C(Cc2ccc(F)cc2Cl)NN)cc1. The first-order valence-electron chi connectivity index (χ1n) is 6.18. The Hall–Kier alpha value is -1.62. The van der Waals surface area contributed by atoms with Gasteiger partial charge in [0.05, 0.1) is 13.2 Å². The molecule has 0 fully saturated rings. The first-order valence-corrected chi connectivity index (χ1v) is 6.56. The summed E-state index contributed by atoms with van der Waals surface area (Å²) in [6.07, 6.45) is 0.571. The third-order valence-corrected chi connectivity index (χ3v) is 3.51. The number of hydrazine groups is 1. The number of hydrogen-bond acceptors (Lipinski definition) is 3. The Bertz CT molecular complexity index is 575. The molecular weight excluding hydrogens is 279 g/mol. The lowest BCUT2D eigenvalue weighted by Crippen LogP contribution is -2.29. The highest BCUT2D eigenvalue weighted by atomic mass is 35.5. The van der Waals surface area contributed by atoms with Crippen LogP contribution in [0.1, 0.15) is 17.2 Å². The first kappa shape index (κ1) is 14.8. The highest BCUT2D eigenvalue weighted by molar-refractivity contribution is 6.31. The number of benzene rings is 2. The average Bonchev–Trinajstić information content (AvgIpc) is 2.47. The van der Waals surface area contributed by atoms with Crippen molar-refractivity contribution in [2.24, 2.45) is 5.84 Å². The van der Waals surface area contributed by atoms with E-state index in [0.29, 0.717) is 11.4 Å². The molecule has 1 unspecified atom stereocenters. The Morgan fingerprint density at radius 1 is 1.25 bits per heavy atom. The minimum absolute atomic E-state index is 0.108. The topological polar surface area (TPSA) is 47.3 Å². The molecule has 0 saturated carbocycles. The summed E-state index contributed by atoms with van der Waals surface area (Å²) in [6.45, 7) is 0. The maximum atomic E-state index is 13.0. The van der Waals surface area contributed by atoms with E-state index in [0.717, 1.165) is 16.9 Å². The minimum atomic E-state index is -0.347. The molecule has 2 rings (SSSR count). The number of nitrogens with two attached hydrogens (primary N) is 1. The molecule has 0 spiro atoms. The smallest absolute Gasteiger partial charge is 0.124 e. The van der Waals surface area contributed by atoms with Crippen LogP contribution >= 0.6 is 11.6 Å². The van der Waals surface area contributed by atoms with E-state index in [-0.39, 0.29) is 11.9 Å². The number of halogens is 2. The molecule has 2 aromatic rings. The number of hydrogen-bond donors (Lipinski definition) is 2. The second-order valence-electron chi connectivity index (χ2n) is 4.43. The average molecular weight is 295 g/mol. The van der Waals surface area contributed by atoms with E-state index in [1.54, 1.807) is 13.2 Å². The van der Waals surface area contributed by atoms with Crippen LogP contribution in [0.2, 0.25) is 5.02 Å². The van der Waals surface area contributed by atoms with E-state index >= 15 is 0 Å². The van der Waals surface area contributed by atoms with Crippen LogP contribution in [-0.4, -0.2) is 7.11 Å². The van der Waals surface area contributed by atoms with Crippen molar-refractivity contribution >= 4 is 11.6 Å². The van der Waals surface area contributed by atoms with Gasteiger partial charge in [0.15, 0.2) is 0 Å². The van der Waals surface area contributed by atoms with Gasteiger partial charge in [0.25, 0.3) is 0 Å². The summed E-state index contributed by atoms with van der Waals surface area (Å²) in [4.78, 5) is 0. The summed E-state index contributed by atoms with van der Waals surface area (Å²) >= 11 is 6.04. The molecule has 0 bridgehead atoms. The van der Waals surface area contributed by atoms with Crippen molar-refractivity contribution < 1.29 is 9.13 Å². The fourth-order valence-electron chi connectivity index (χ4n) is 2.02. The number of ether oxygens (including phenoxy) is 1. The molecule has 106 valence electrons. The zero-order valence-electron chi connectivity index (χ0n) is 11.1. The summed E-state index contributed by atoms with van der Waals surface area (Å²) in [5.74, 6) is 6.04. The van der Waals surface area contributed by atoms with Crippen molar-refractivity contribution in [3.8, 4) is 5.75 Å². The molecule has 3 N–H and O–H groups in total. The standard InChI is InChI=1S/C15H16ClFN2O/c1-20-13-6-3-10(4-7-13)15(19-18)8-11-2-5-12(17)9-14(11)16/h2-7,9,15,19H,8,18H2,1H3. The Labute approximate surface area is 122 Å². The van der Waals surface area contributed by atoms with Crippen LogP contribution < -0.4 is 16.0 Å². The summed E-state index contributed by atoms with van der Waals surface area (Å²) in [7, 11) is 1.62. The van der Waals surface area contributed by atoms with Gasteiger partial charge in [-0.05, 0) is 41.8 Å². The summed E-state index contributed by atoms with van der Waals surface area (Å²) in [6, 6.07) is 11.9. The second-order valence-corrected chi connectivity index (χ2v) is 4.84. The van der Waals surface area contributed by atoms with Crippen molar-refractivity contribution in [3.63, 3.8) is 0 Å². The largest absolute Gasteiger partial charge is 0.497 e. The van der Waals surface area contributed by atoms with Crippen molar-refractivity contribution in [3.05, 3.63) is 64.4 Å². The van der Waals surface area contributed by atoms with Crippen LogP contribution in [0.4, 0.5) is 4.39 Å². The van der Waals surface area contributed by atoms with Crippen LogP contribution in [0.15, 0.2) is 42.5 Å². The van der Waals surface area contributed by atoms with Gasteiger partial charge < -0.3 is 4.74 Å². The fraction of sp³-hybridized carbons (Fsp3) is 0.200. The van der Waals surface area contributed by atoms with E-state index in [9.17, 15) is 4.39 Å². The van der Waals surface area contributed by atoms with Gasteiger partial charge in [0, 0.05) is 5.02 Å². The Kier molecular flexibility index (Phi) is 4.95. The van der Waals surface area contributed by atoms with Gasteiger partial charge in [-0.2, -0.15) is 0 Å². The van der Waals surface area contributed by atoms with E-state index in [2.05, 4.69) is 5.43 Å². The minimum Gasteiger partial charge on any atom is -0.497 e. The van der Waals surface area contributed by atoms with Crippen molar-refractivity contribution in [1.29, 1.82) is 0 Å². The van der Waals surface area contributed by atoms with Gasteiger partial charge in [-0.1, -0.05) is 29.8 Å². The van der Waals surface area contributed by atoms with Crippen LogP contribution in [0.25, 0.3) is 0 Å². The highest BCUT2D eigenvalue weighted by Gasteiger charge is 2.13. The van der Waals surface area contributed by atoms with Gasteiger partial charge in [-0.3, -0.25) is 11.3 Å². The molecule has 0 heterocycles. The zero-order valence-corrected chi connectivity index (χ0v) is 11.8. The Morgan fingerprint density at radius 2 is 1.95 bits per heavy atom. The van der Waals surface area contributed by atoms with Crippen molar-refractivity contribution in [2.75, 3.05) is 7.11 Å². The fourth-order valence-corrected chi connectivity index (χ4v) is 2.26. The Morgan fingerprint density at radius 3 is 2.50 bits per heavy atom. The molecule has 0 aliphatic rings. The first-order chi connectivity index (χ1) is 9.63. The van der Waals surface area contributed by atoms with Gasteiger partial charge in [-0.25, -0.2) is 4.39 Å². The van der Waals surface area contributed by atoms with E-state index < -0.39 is 0 Å². The molecular formula is C15H16ClFN2O. The molecule has 0 aliphatic carbocycles. The van der Waals surface area contributed by atoms with Crippen LogP contribution in [0.5, 0.6) is 5.75 Å². The highest BCUT2D eigenvalue weighted by Crippen LogP contribution is 2.25. The predicted molar refractivity (Wildman–Crippen MR) is 78.2 cm³/mol. The third-order valence-electron chi connectivity index (χ3n) is 3.16. The van der Waals surface area contributed by atoms with Gasteiger partial charge in [-0.15, -0.1) is 0 Å². The molecule has 0 amide bonds. The molecule has 20 heavy (non-hydrogen) atoms. The Balaban J connectivity index is 2.19. The van der Waals surface area contributed by atoms with E-state index in [1.807, 2.05) is 24.3 Å². The summed E-state index contributed by atoms with van der Waals surface area (Å²) < 4.78 is 18.2. The third kappa shape index (κ3) is 3.48. The number of nitrogens with one attached hydrogen (secondary N) is 1. The van der Waals surface area contributed by atoms with E-state index in [4.69, 9.17) is 22.2 Å². The molecule has 0 radical (unpaired) electrons. The normalized spacial score (nSPS) is 12.2. The lowest BCUT2D eigenvalue weighted by molar-refractivity contribution is 0.414. The van der Waals surface area contributed by atoms with Gasteiger partial charge in [0.1, 0.15) is 11.6 Å². The van der Waals surface area contributed by atoms with Crippen LogP contribution in [0.3, 0.4) is 0 Å². The molecule has 0 saturated heterocycles. The zero-order chi connectivity index (χ0) is 14.5.